The molecule has 0 aromatic carbocycles. The molecule has 16 heavy (non-hydrogen) atoms. The summed E-state index contributed by atoms with van der Waals surface area (Å²) in [5.74, 6) is 0.457. The number of rotatable bonds is 3. The number of hydrogen-bond donors (Lipinski definition) is 2. The summed E-state index contributed by atoms with van der Waals surface area (Å²) in [5, 5.41) is 12.3. The highest BCUT2D eigenvalue weighted by atomic mass is 16.5. The molecule has 5 heteroatoms. The van der Waals surface area contributed by atoms with Crippen LogP contribution in [0.4, 0.5) is 0 Å². The van der Waals surface area contributed by atoms with Gasteiger partial charge < -0.3 is 20.1 Å². The standard InChI is InChI=1S/C11H20N2O3/c14-7-9-1-3-13(6-9)11(15)5-10-8-16-4-2-12-10/h9-10,12,14H,1-8H2. The van der Waals surface area contributed by atoms with Crippen molar-refractivity contribution in [1.82, 2.24) is 10.2 Å². The van der Waals surface area contributed by atoms with Crippen LogP contribution in [0.5, 0.6) is 0 Å². The SMILES string of the molecule is O=C(CC1COCCN1)N1CCC(CO)C1. The van der Waals surface area contributed by atoms with Gasteiger partial charge in [-0.1, -0.05) is 0 Å². The molecule has 2 unspecified atom stereocenters. The van der Waals surface area contributed by atoms with E-state index in [1.54, 1.807) is 0 Å². The Morgan fingerprint density at radius 3 is 3.06 bits per heavy atom. The molecule has 0 spiro atoms. The van der Waals surface area contributed by atoms with E-state index in [-0.39, 0.29) is 24.5 Å². The first-order chi connectivity index (χ1) is 7.79. The average molecular weight is 228 g/mol. The number of nitrogens with one attached hydrogen (secondary N) is 1. The minimum absolute atomic E-state index is 0.162. The summed E-state index contributed by atoms with van der Waals surface area (Å²) in [5.41, 5.74) is 0. The molecule has 92 valence electrons. The van der Waals surface area contributed by atoms with Crippen LogP contribution in [0.1, 0.15) is 12.8 Å². The molecular weight excluding hydrogens is 208 g/mol. The molecular formula is C11H20N2O3. The van der Waals surface area contributed by atoms with Gasteiger partial charge in [-0.05, 0) is 6.42 Å². The van der Waals surface area contributed by atoms with Crippen molar-refractivity contribution in [2.45, 2.75) is 18.9 Å². The zero-order valence-electron chi connectivity index (χ0n) is 9.52. The summed E-state index contributed by atoms with van der Waals surface area (Å²) in [6.45, 7) is 3.89. The highest BCUT2D eigenvalue weighted by molar-refractivity contribution is 5.77. The van der Waals surface area contributed by atoms with Crippen LogP contribution in [-0.2, 0) is 9.53 Å². The fraction of sp³-hybridized carbons (Fsp3) is 0.909. The summed E-state index contributed by atoms with van der Waals surface area (Å²) < 4.78 is 5.31. The van der Waals surface area contributed by atoms with Crippen LogP contribution in [0, 0.1) is 5.92 Å². The van der Waals surface area contributed by atoms with Crippen LogP contribution >= 0.6 is 0 Å². The number of carbonyl (C=O) groups excluding carboxylic acids is 1. The second-order valence-electron chi connectivity index (χ2n) is 4.61. The molecule has 0 aromatic rings. The van der Waals surface area contributed by atoms with Gasteiger partial charge in [0.15, 0.2) is 0 Å². The van der Waals surface area contributed by atoms with Gasteiger partial charge in [-0.2, -0.15) is 0 Å². The Balaban J connectivity index is 1.75. The number of likely N-dealkylation sites (tertiary alicyclic amines) is 1. The normalized spacial score (nSPS) is 30.7. The molecule has 0 saturated carbocycles. The maximum absolute atomic E-state index is 11.9. The van der Waals surface area contributed by atoms with Gasteiger partial charge in [-0.15, -0.1) is 0 Å². The molecule has 2 aliphatic heterocycles. The van der Waals surface area contributed by atoms with Gasteiger partial charge in [0.1, 0.15) is 0 Å². The maximum atomic E-state index is 11.9. The lowest BCUT2D eigenvalue weighted by Gasteiger charge is -2.25. The summed E-state index contributed by atoms with van der Waals surface area (Å²) in [6, 6.07) is 0.162. The number of amides is 1. The molecule has 2 saturated heterocycles. The van der Waals surface area contributed by atoms with Crippen molar-refractivity contribution in [2.24, 2.45) is 5.92 Å². The molecule has 0 aliphatic carbocycles. The fourth-order valence-corrected chi connectivity index (χ4v) is 2.30. The Kier molecular flexibility index (Phi) is 4.15. The van der Waals surface area contributed by atoms with Gasteiger partial charge in [0.25, 0.3) is 0 Å². The molecule has 2 N–H and O–H groups in total. The van der Waals surface area contributed by atoms with Crippen molar-refractivity contribution in [3.63, 3.8) is 0 Å². The first kappa shape index (κ1) is 11.8. The molecule has 2 aliphatic rings. The summed E-state index contributed by atoms with van der Waals surface area (Å²) in [6.07, 6.45) is 1.44. The number of morpholine rings is 1. The second-order valence-corrected chi connectivity index (χ2v) is 4.61. The average Bonchev–Trinajstić information content (AvgIpc) is 2.79. The van der Waals surface area contributed by atoms with E-state index < -0.39 is 0 Å². The van der Waals surface area contributed by atoms with Gasteiger partial charge in [0, 0.05) is 44.6 Å². The predicted octanol–water partition coefficient (Wildman–Crippen LogP) is -0.794. The Morgan fingerprint density at radius 1 is 1.56 bits per heavy atom. The van der Waals surface area contributed by atoms with E-state index in [4.69, 9.17) is 9.84 Å². The van der Waals surface area contributed by atoms with Crippen molar-refractivity contribution >= 4 is 5.91 Å². The summed E-state index contributed by atoms with van der Waals surface area (Å²) in [7, 11) is 0. The molecule has 1 amide bonds. The summed E-state index contributed by atoms with van der Waals surface area (Å²) in [4.78, 5) is 13.8. The third kappa shape index (κ3) is 2.93. The molecule has 2 heterocycles. The van der Waals surface area contributed by atoms with Crippen LogP contribution in [0.2, 0.25) is 0 Å². The number of aliphatic hydroxyl groups excluding tert-OH is 1. The first-order valence-corrected chi connectivity index (χ1v) is 5.99. The summed E-state index contributed by atoms with van der Waals surface area (Å²) >= 11 is 0. The Hall–Kier alpha value is -0.650. The number of ether oxygens (including phenoxy) is 1. The van der Waals surface area contributed by atoms with E-state index in [9.17, 15) is 4.79 Å². The van der Waals surface area contributed by atoms with Crippen molar-refractivity contribution in [1.29, 1.82) is 0 Å². The lowest BCUT2D eigenvalue weighted by atomic mass is 10.1. The molecule has 0 radical (unpaired) electrons. The molecule has 0 aromatic heterocycles. The maximum Gasteiger partial charge on any atom is 0.224 e. The van der Waals surface area contributed by atoms with Gasteiger partial charge in [0.05, 0.1) is 13.2 Å². The molecule has 2 fully saturated rings. The van der Waals surface area contributed by atoms with Crippen LogP contribution < -0.4 is 5.32 Å². The molecule has 2 rings (SSSR count). The van der Waals surface area contributed by atoms with E-state index in [1.807, 2.05) is 4.90 Å². The van der Waals surface area contributed by atoms with Gasteiger partial charge in [-0.3, -0.25) is 4.79 Å². The third-order valence-corrected chi connectivity index (χ3v) is 3.32. The van der Waals surface area contributed by atoms with E-state index in [0.717, 1.165) is 26.1 Å². The second kappa shape index (κ2) is 5.61. The third-order valence-electron chi connectivity index (χ3n) is 3.32. The largest absolute Gasteiger partial charge is 0.396 e. The lowest BCUT2D eigenvalue weighted by molar-refractivity contribution is -0.131. The Morgan fingerprint density at radius 2 is 2.44 bits per heavy atom. The number of aliphatic hydroxyl groups is 1. The highest BCUT2D eigenvalue weighted by Gasteiger charge is 2.27. The van der Waals surface area contributed by atoms with Gasteiger partial charge >= 0.3 is 0 Å². The van der Waals surface area contributed by atoms with Crippen LogP contribution in [0.3, 0.4) is 0 Å². The number of hydrogen-bond acceptors (Lipinski definition) is 4. The van der Waals surface area contributed by atoms with Crippen molar-refractivity contribution in [2.75, 3.05) is 39.5 Å². The minimum Gasteiger partial charge on any atom is -0.396 e. The number of nitrogens with zero attached hydrogens (tertiary/aromatic N) is 1. The van der Waals surface area contributed by atoms with Crippen molar-refractivity contribution in [3.8, 4) is 0 Å². The molecule has 0 bridgehead atoms. The van der Waals surface area contributed by atoms with Gasteiger partial charge in [-0.25, -0.2) is 0 Å². The zero-order chi connectivity index (χ0) is 11.4. The zero-order valence-corrected chi connectivity index (χ0v) is 9.52. The monoisotopic (exact) mass is 228 g/mol. The van der Waals surface area contributed by atoms with Gasteiger partial charge in [0.2, 0.25) is 5.91 Å². The molecule has 2 atom stereocenters. The van der Waals surface area contributed by atoms with E-state index in [0.29, 0.717) is 19.6 Å². The fourth-order valence-electron chi connectivity index (χ4n) is 2.30. The van der Waals surface area contributed by atoms with Crippen LogP contribution in [0.25, 0.3) is 0 Å². The van der Waals surface area contributed by atoms with Crippen LogP contribution in [0.15, 0.2) is 0 Å². The van der Waals surface area contributed by atoms with E-state index in [2.05, 4.69) is 5.32 Å². The smallest absolute Gasteiger partial charge is 0.224 e. The predicted molar refractivity (Wildman–Crippen MR) is 59.0 cm³/mol. The quantitative estimate of drug-likeness (QED) is 0.664. The topological polar surface area (TPSA) is 61.8 Å². The first-order valence-electron chi connectivity index (χ1n) is 5.99. The van der Waals surface area contributed by atoms with E-state index >= 15 is 0 Å². The Labute approximate surface area is 95.8 Å². The Bertz CT molecular complexity index is 241. The number of carbonyl (C=O) groups is 1. The molecule has 5 nitrogen and oxygen atoms in total. The minimum atomic E-state index is 0.162. The van der Waals surface area contributed by atoms with Crippen molar-refractivity contribution < 1.29 is 14.6 Å². The van der Waals surface area contributed by atoms with Crippen LogP contribution in [-0.4, -0.2) is 61.4 Å². The van der Waals surface area contributed by atoms with Crippen molar-refractivity contribution in [3.05, 3.63) is 0 Å². The lowest BCUT2D eigenvalue weighted by Crippen LogP contribution is -2.44. The highest BCUT2D eigenvalue weighted by Crippen LogP contribution is 2.16. The van der Waals surface area contributed by atoms with E-state index in [1.165, 1.54) is 0 Å².